The van der Waals surface area contributed by atoms with E-state index in [2.05, 4.69) is 0 Å². The molecule has 0 fully saturated rings. The summed E-state index contributed by atoms with van der Waals surface area (Å²) in [6.07, 6.45) is -0.731. The molecule has 0 amide bonds. The molecule has 0 aliphatic heterocycles. The Hall–Kier alpha value is -1.13. The Labute approximate surface area is 81.8 Å². The van der Waals surface area contributed by atoms with Crippen molar-refractivity contribution in [3.05, 3.63) is 29.6 Å². The van der Waals surface area contributed by atoms with E-state index in [4.69, 9.17) is 9.84 Å². The molecule has 0 aliphatic rings. The average Bonchev–Trinajstić information content (AvgIpc) is 2.18. The SMILES string of the molecule is COc1ccc(F)cc1C(O)CCO. The zero-order chi connectivity index (χ0) is 10.6. The van der Waals surface area contributed by atoms with Crippen molar-refractivity contribution < 1.29 is 19.3 Å². The van der Waals surface area contributed by atoms with Crippen molar-refractivity contribution >= 4 is 0 Å². The molecule has 3 nitrogen and oxygen atoms in total. The first-order valence-corrected chi connectivity index (χ1v) is 4.31. The Bertz CT molecular complexity index is 301. The van der Waals surface area contributed by atoms with Crippen LogP contribution in [-0.2, 0) is 0 Å². The van der Waals surface area contributed by atoms with Gasteiger partial charge in [-0.25, -0.2) is 4.39 Å². The number of hydrogen-bond acceptors (Lipinski definition) is 3. The molecular weight excluding hydrogens is 187 g/mol. The van der Waals surface area contributed by atoms with Gasteiger partial charge in [0.15, 0.2) is 0 Å². The Kier molecular flexibility index (Phi) is 3.85. The number of aliphatic hydroxyl groups excluding tert-OH is 2. The van der Waals surface area contributed by atoms with Gasteiger partial charge in [0.2, 0.25) is 0 Å². The van der Waals surface area contributed by atoms with Crippen LogP contribution in [0.1, 0.15) is 18.1 Å². The minimum absolute atomic E-state index is 0.152. The summed E-state index contributed by atoms with van der Waals surface area (Å²) in [6.45, 7) is -0.152. The first-order valence-electron chi connectivity index (χ1n) is 4.31. The third-order valence-corrected chi connectivity index (χ3v) is 1.95. The van der Waals surface area contributed by atoms with Gasteiger partial charge in [0.1, 0.15) is 11.6 Å². The molecule has 1 unspecified atom stereocenters. The van der Waals surface area contributed by atoms with Crippen LogP contribution in [-0.4, -0.2) is 23.9 Å². The van der Waals surface area contributed by atoms with Crippen LogP contribution in [0.15, 0.2) is 18.2 Å². The molecule has 0 saturated carbocycles. The fourth-order valence-corrected chi connectivity index (χ4v) is 1.24. The Morgan fingerprint density at radius 3 is 2.79 bits per heavy atom. The third-order valence-electron chi connectivity index (χ3n) is 1.95. The van der Waals surface area contributed by atoms with E-state index < -0.39 is 11.9 Å². The molecule has 1 rings (SSSR count). The number of halogens is 1. The van der Waals surface area contributed by atoms with Gasteiger partial charge in [-0.2, -0.15) is 0 Å². The maximum Gasteiger partial charge on any atom is 0.124 e. The lowest BCUT2D eigenvalue weighted by Crippen LogP contribution is -2.03. The fourth-order valence-electron chi connectivity index (χ4n) is 1.24. The molecule has 0 bridgehead atoms. The molecule has 0 heterocycles. The lowest BCUT2D eigenvalue weighted by molar-refractivity contribution is 0.131. The van der Waals surface area contributed by atoms with Crippen molar-refractivity contribution in [3.63, 3.8) is 0 Å². The van der Waals surface area contributed by atoms with Crippen LogP contribution < -0.4 is 4.74 Å². The highest BCUT2D eigenvalue weighted by Crippen LogP contribution is 2.27. The molecule has 2 N–H and O–H groups in total. The monoisotopic (exact) mass is 200 g/mol. The summed E-state index contributed by atoms with van der Waals surface area (Å²) >= 11 is 0. The van der Waals surface area contributed by atoms with E-state index >= 15 is 0 Å². The highest BCUT2D eigenvalue weighted by atomic mass is 19.1. The van der Waals surface area contributed by atoms with Crippen LogP contribution in [0.3, 0.4) is 0 Å². The van der Waals surface area contributed by atoms with E-state index in [0.717, 1.165) is 0 Å². The molecule has 0 saturated heterocycles. The van der Waals surface area contributed by atoms with Crippen molar-refractivity contribution in [2.75, 3.05) is 13.7 Å². The zero-order valence-corrected chi connectivity index (χ0v) is 7.90. The van der Waals surface area contributed by atoms with Crippen molar-refractivity contribution in [2.45, 2.75) is 12.5 Å². The van der Waals surface area contributed by atoms with Crippen LogP contribution in [0.5, 0.6) is 5.75 Å². The van der Waals surface area contributed by atoms with E-state index in [1.807, 2.05) is 0 Å². The van der Waals surface area contributed by atoms with E-state index in [-0.39, 0.29) is 13.0 Å². The molecule has 0 spiro atoms. The van der Waals surface area contributed by atoms with Crippen molar-refractivity contribution in [1.29, 1.82) is 0 Å². The van der Waals surface area contributed by atoms with E-state index in [1.165, 1.54) is 25.3 Å². The van der Waals surface area contributed by atoms with Crippen LogP contribution in [0, 0.1) is 5.82 Å². The van der Waals surface area contributed by atoms with E-state index in [1.54, 1.807) is 0 Å². The number of benzene rings is 1. The number of ether oxygens (including phenoxy) is 1. The standard InChI is InChI=1S/C10H13FO3/c1-14-10-3-2-7(11)6-8(10)9(13)4-5-12/h2-3,6,9,12-13H,4-5H2,1H3. The van der Waals surface area contributed by atoms with Crippen molar-refractivity contribution in [3.8, 4) is 5.75 Å². The molecule has 1 aromatic carbocycles. The summed E-state index contributed by atoms with van der Waals surface area (Å²) in [5.74, 6) is -0.00913. The van der Waals surface area contributed by atoms with Crippen LogP contribution in [0.4, 0.5) is 4.39 Å². The van der Waals surface area contributed by atoms with Gasteiger partial charge in [-0.3, -0.25) is 0 Å². The molecule has 14 heavy (non-hydrogen) atoms. The number of aliphatic hydroxyl groups is 2. The van der Waals surface area contributed by atoms with Crippen molar-refractivity contribution in [1.82, 2.24) is 0 Å². The first kappa shape index (κ1) is 10.9. The van der Waals surface area contributed by atoms with Gasteiger partial charge in [-0.15, -0.1) is 0 Å². The Balaban J connectivity index is 2.97. The quantitative estimate of drug-likeness (QED) is 0.769. The Morgan fingerprint density at radius 1 is 1.50 bits per heavy atom. The lowest BCUT2D eigenvalue weighted by Gasteiger charge is -2.13. The molecule has 1 aromatic rings. The average molecular weight is 200 g/mol. The number of rotatable bonds is 4. The second-order valence-corrected chi connectivity index (χ2v) is 2.91. The van der Waals surface area contributed by atoms with Gasteiger partial charge in [0.25, 0.3) is 0 Å². The summed E-state index contributed by atoms with van der Waals surface area (Å²) in [7, 11) is 1.45. The lowest BCUT2D eigenvalue weighted by atomic mass is 10.1. The fraction of sp³-hybridized carbons (Fsp3) is 0.400. The van der Waals surface area contributed by atoms with Gasteiger partial charge in [0.05, 0.1) is 13.2 Å². The van der Waals surface area contributed by atoms with Gasteiger partial charge in [-0.1, -0.05) is 0 Å². The summed E-state index contributed by atoms with van der Waals surface area (Å²) in [6, 6.07) is 3.92. The highest BCUT2D eigenvalue weighted by molar-refractivity contribution is 5.35. The van der Waals surface area contributed by atoms with Gasteiger partial charge in [-0.05, 0) is 18.2 Å². The second kappa shape index (κ2) is 4.93. The van der Waals surface area contributed by atoms with Gasteiger partial charge in [0, 0.05) is 18.6 Å². The predicted molar refractivity (Wildman–Crippen MR) is 49.6 cm³/mol. The molecule has 4 heteroatoms. The largest absolute Gasteiger partial charge is 0.496 e. The summed E-state index contributed by atoms with van der Waals surface area (Å²) in [5, 5.41) is 18.2. The van der Waals surface area contributed by atoms with Gasteiger partial charge >= 0.3 is 0 Å². The van der Waals surface area contributed by atoms with E-state index in [9.17, 15) is 9.50 Å². The van der Waals surface area contributed by atoms with Gasteiger partial charge < -0.3 is 14.9 Å². The molecule has 0 aliphatic carbocycles. The van der Waals surface area contributed by atoms with Crippen LogP contribution in [0.2, 0.25) is 0 Å². The Morgan fingerprint density at radius 2 is 2.21 bits per heavy atom. The molecule has 0 aromatic heterocycles. The van der Waals surface area contributed by atoms with Crippen LogP contribution in [0.25, 0.3) is 0 Å². The predicted octanol–water partition coefficient (Wildman–Crippen LogP) is 1.25. The number of hydrogen-bond donors (Lipinski definition) is 2. The normalized spacial score (nSPS) is 12.6. The molecule has 1 atom stereocenters. The van der Waals surface area contributed by atoms with E-state index in [0.29, 0.717) is 11.3 Å². The zero-order valence-electron chi connectivity index (χ0n) is 7.90. The minimum atomic E-state index is -0.898. The molecule has 0 radical (unpaired) electrons. The summed E-state index contributed by atoms with van der Waals surface area (Å²) in [5.41, 5.74) is 0.363. The topological polar surface area (TPSA) is 49.7 Å². The maximum absolute atomic E-state index is 12.9. The first-order chi connectivity index (χ1) is 6.69. The molecular formula is C10H13FO3. The molecule has 78 valence electrons. The highest BCUT2D eigenvalue weighted by Gasteiger charge is 2.13. The second-order valence-electron chi connectivity index (χ2n) is 2.91. The summed E-state index contributed by atoms with van der Waals surface area (Å²) < 4.78 is 17.8. The summed E-state index contributed by atoms with van der Waals surface area (Å²) in [4.78, 5) is 0. The van der Waals surface area contributed by atoms with Crippen molar-refractivity contribution in [2.24, 2.45) is 0 Å². The maximum atomic E-state index is 12.9. The third kappa shape index (κ3) is 2.43. The number of methoxy groups -OCH3 is 1. The smallest absolute Gasteiger partial charge is 0.124 e. The van der Waals surface area contributed by atoms with Crippen LogP contribution >= 0.6 is 0 Å². The minimum Gasteiger partial charge on any atom is -0.496 e.